The predicted molar refractivity (Wildman–Crippen MR) is 80.7 cm³/mol. The summed E-state index contributed by atoms with van der Waals surface area (Å²) < 4.78 is 24.9. The third-order valence-corrected chi connectivity index (χ3v) is 5.29. The molecule has 4 nitrogen and oxygen atoms in total. The van der Waals surface area contributed by atoms with E-state index in [2.05, 4.69) is 33.0 Å². The van der Waals surface area contributed by atoms with E-state index in [9.17, 15) is 8.42 Å². The van der Waals surface area contributed by atoms with Crippen molar-refractivity contribution in [2.45, 2.75) is 53.0 Å². The van der Waals surface area contributed by atoms with Crippen LogP contribution < -0.4 is 5.32 Å². The van der Waals surface area contributed by atoms with Gasteiger partial charge < -0.3 is 5.32 Å². The molecule has 0 aromatic carbocycles. The first-order chi connectivity index (χ1) is 8.64. The van der Waals surface area contributed by atoms with Gasteiger partial charge in [-0.1, -0.05) is 27.7 Å². The summed E-state index contributed by atoms with van der Waals surface area (Å²) in [6.45, 7) is 11.2. The molecule has 1 aliphatic heterocycles. The van der Waals surface area contributed by atoms with Gasteiger partial charge in [-0.15, -0.1) is 0 Å². The Hall–Kier alpha value is -0.130. The summed E-state index contributed by atoms with van der Waals surface area (Å²) in [6, 6.07) is 0.446. The van der Waals surface area contributed by atoms with Gasteiger partial charge in [-0.05, 0) is 37.1 Å². The van der Waals surface area contributed by atoms with Gasteiger partial charge in [-0.25, -0.2) is 12.7 Å². The lowest BCUT2D eigenvalue weighted by molar-refractivity contribution is 0.184. The van der Waals surface area contributed by atoms with Gasteiger partial charge in [-0.2, -0.15) is 0 Å². The molecule has 1 fully saturated rings. The lowest BCUT2D eigenvalue weighted by Crippen LogP contribution is -2.45. The molecule has 1 rings (SSSR count). The second-order valence-corrected chi connectivity index (χ2v) is 8.82. The molecule has 1 aliphatic rings. The first-order valence-corrected chi connectivity index (χ1v) is 9.18. The van der Waals surface area contributed by atoms with Gasteiger partial charge in [0, 0.05) is 19.1 Å². The van der Waals surface area contributed by atoms with Crippen LogP contribution in [0.25, 0.3) is 0 Å². The van der Waals surface area contributed by atoms with Crippen LogP contribution in [0.1, 0.15) is 47.0 Å². The van der Waals surface area contributed by atoms with Gasteiger partial charge in [0.25, 0.3) is 0 Å². The number of nitrogens with one attached hydrogen (secondary N) is 1. The van der Waals surface area contributed by atoms with Gasteiger partial charge in [0.15, 0.2) is 0 Å². The van der Waals surface area contributed by atoms with Crippen molar-refractivity contribution in [1.82, 2.24) is 9.62 Å². The molecule has 0 bridgehead atoms. The number of piperidine rings is 1. The van der Waals surface area contributed by atoms with Crippen LogP contribution in [0.3, 0.4) is 0 Å². The molecule has 0 aromatic heterocycles. The summed E-state index contributed by atoms with van der Waals surface area (Å²) in [7, 11) is -3.03. The minimum atomic E-state index is -3.03. The van der Waals surface area contributed by atoms with E-state index in [1.54, 1.807) is 4.31 Å². The van der Waals surface area contributed by atoms with Crippen molar-refractivity contribution in [2.24, 2.45) is 11.3 Å². The van der Waals surface area contributed by atoms with Gasteiger partial charge >= 0.3 is 0 Å². The molecule has 0 amide bonds. The molecule has 114 valence electrons. The van der Waals surface area contributed by atoms with Gasteiger partial charge in [0.2, 0.25) is 10.0 Å². The van der Waals surface area contributed by atoms with Crippen molar-refractivity contribution in [3.05, 3.63) is 0 Å². The molecule has 0 spiro atoms. The van der Waals surface area contributed by atoms with Crippen LogP contribution in [-0.2, 0) is 10.0 Å². The number of hydrogen-bond donors (Lipinski definition) is 1. The number of nitrogens with zero attached hydrogens (tertiary/aromatic N) is 1. The van der Waals surface area contributed by atoms with E-state index in [0.717, 1.165) is 25.8 Å². The fourth-order valence-electron chi connectivity index (χ4n) is 2.84. The van der Waals surface area contributed by atoms with E-state index in [0.29, 0.717) is 25.0 Å². The first kappa shape index (κ1) is 16.9. The van der Waals surface area contributed by atoms with Crippen LogP contribution in [-0.4, -0.2) is 44.7 Å². The average molecular weight is 290 g/mol. The maximum atomic E-state index is 11.7. The molecule has 1 saturated heterocycles. The molecule has 0 radical (unpaired) electrons. The topological polar surface area (TPSA) is 49.4 Å². The van der Waals surface area contributed by atoms with Crippen molar-refractivity contribution in [1.29, 1.82) is 0 Å². The van der Waals surface area contributed by atoms with Crippen molar-refractivity contribution in [2.75, 3.05) is 25.9 Å². The highest BCUT2D eigenvalue weighted by molar-refractivity contribution is 7.88. The minimum absolute atomic E-state index is 0.212. The Morgan fingerprint density at radius 3 is 2.47 bits per heavy atom. The Labute approximate surface area is 119 Å². The molecule has 1 heterocycles. The Morgan fingerprint density at radius 2 is 2.00 bits per heavy atom. The quantitative estimate of drug-likeness (QED) is 0.843. The van der Waals surface area contributed by atoms with E-state index in [4.69, 9.17) is 0 Å². The molecule has 1 N–H and O–H groups in total. The monoisotopic (exact) mass is 290 g/mol. The minimum Gasteiger partial charge on any atom is -0.314 e. The zero-order chi connectivity index (χ0) is 14.7. The average Bonchev–Trinajstić information content (AvgIpc) is 2.26. The second kappa shape index (κ2) is 6.55. The Kier molecular flexibility index (Phi) is 5.83. The summed E-state index contributed by atoms with van der Waals surface area (Å²) in [5.41, 5.74) is 0.212. The largest absolute Gasteiger partial charge is 0.314 e. The van der Waals surface area contributed by atoms with E-state index in [1.165, 1.54) is 6.26 Å². The van der Waals surface area contributed by atoms with Crippen LogP contribution >= 0.6 is 0 Å². The smallest absolute Gasteiger partial charge is 0.211 e. The van der Waals surface area contributed by atoms with Crippen LogP contribution in [0.15, 0.2) is 0 Å². The maximum Gasteiger partial charge on any atom is 0.211 e. The normalized spacial score (nSPS) is 24.4. The van der Waals surface area contributed by atoms with Crippen molar-refractivity contribution >= 4 is 10.0 Å². The Balaban J connectivity index is 2.64. The van der Waals surface area contributed by atoms with Gasteiger partial charge in [0.1, 0.15) is 0 Å². The summed E-state index contributed by atoms with van der Waals surface area (Å²) >= 11 is 0. The number of sulfonamides is 1. The van der Waals surface area contributed by atoms with Gasteiger partial charge in [-0.3, -0.25) is 0 Å². The third-order valence-electron chi connectivity index (χ3n) is 4.02. The van der Waals surface area contributed by atoms with Crippen LogP contribution in [0, 0.1) is 11.3 Å². The molecule has 0 saturated carbocycles. The fraction of sp³-hybridized carbons (Fsp3) is 1.00. The molecule has 5 heteroatoms. The van der Waals surface area contributed by atoms with E-state index < -0.39 is 10.0 Å². The fourth-order valence-corrected chi connectivity index (χ4v) is 3.79. The molecule has 19 heavy (non-hydrogen) atoms. The lowest BCUT2D eigenvalue weighted by Gasteiger charge is -2.37. The zero-order valence-corrected chi connectivity index (χ0v) is 13.9. The molecule has 2 atom stereocenters. The van der Waals surface area contributed by atoms with Crippen molar-refractivity contribution in [3.63, 3.8) is 0 Å². The number of hydrogen-bond acceptors (Lipinski definition) is 3. The lowest BCUT2D eigenvalue weighted by atomic mass is 9.79. The SMILES string of the molecule is CCNC(CC1CCCN(S(C)(=O)=O)C1)C(C)(C)C. The van der Waals surface area contributed by atoms with E-state index in [-0.39, 0.29) is 5.41 Å². The Bertz CT molecular complexity index is 373. The number of rotatable bonds is 5. The van der Waals surface area contributed by atoms with E-state index >= 15 is 0 Å². The molecule has 0 aliphatic carbocycles. The maximum absolute atomic E-state index is 11.7. The van der Waals surface area contributed by atoms with Crippen LogP contribution in [0.4, 0.5) is 0 Å². The molecular weight excluding hydrogens is 260 g/mol. The highest BCUT2D eigenvalue weighted by Gasteiger charge is 2.31. The first-order valence-electron chi connectivity index (χ1n) is 7.33. The predicted octanol–water partition coefficient (Wildman–Crippen LogP) is 2.07. The third kappa shape index (κ3) is 5.40. The Morgan fingerprint density at radius 1 is 1.37 bits per heavy atom. The summed E-state index contributed by atoms with van der Waals surface area (Å²) in [4.78, 5) is 0. The molecule has 0 aromatic rings. The van der Waals surface area contributed by atoms with E-state index in [1.807, 2.05) is 0 Å². The highest BCUT2D eigenvalue weighted by atomic mass is 32.2. The molecule has 2 unspecified atom stereocenters. The summed E-state index contributed by atoms with van der Waals surface area (Å²) in [5.74, 6) is 0.478. The zero-order valence-electron chi connectivity index (χ0n) is 13.1. The van der Waals surface area contributed by atoms with Crippen LogP contribution in [0.2, 0.25) is 0 Å². The van der Waals surface area contributed by atoms with Gasteiger partial charge in [0.05, 0.1) is 6.26 Å². The van der Waals surface area contributed by atoms with Crippen LogP contribution in [0.5, 0.6) is 0 Å². The summed E-state index contributed by atoms with van der Waals surface area (Å²) in [6.07, 6.45) is 4.51. The molecular formula is C14H30N2O2S. The van der Waals surface area contributed by atoms with Crippen molar-refractivity contribution < 1.29 is 8.42 Å². The second-order valence-electron chi connectivity index (χ2n) is 6.84. The highest BCUT2D eigenvalue weighted by Crippen LogP contribution is 2.29. The summed E-state index contributed by atoms with van der Waals surface area (Å²) in [5, 5.41) is 3.56. The van der Waals surface area contributed by atoms with Crippen molar-refractivity contribution in [3.8, 4) is 0 Å². The standard InChI is InChI=1S/C14H30N2O2S/c1-6-15-13(14(2,3)4)10-12-8-7-9-16(11-12)19(5,17)18/h12-13,15H,6-11H2,1-5H3.